The van der Waals surface area contributed by atoms with Crippen molar-refractivity contribution in [3.8, 4) is 11.5 Å². The molecule has 6 nitrogen and oxygen atoms in total. The second-order valence-electron chi connectivity index (χ2n) is 9.10. The summed E-state index contributed by atoms with van der Waals surface area (Å²) in [6.45, 7) is 10.00. The van der Waals surface area contributed by atoms with E-state index in [1.54, 1.807) is 6.07 Å². The summed E-state index contributed by atoms with van der Waals surface area (Å²) in [4.78, 5) is 2.47. The van der Waals surface area contributed by atoms with Crippen LogP contribution in [0.4, 0.5) is 4.39 Å². The number of piperazine rings is 2. The highest BCUT2D eigenvalue weighted by Crippen LogP contribution is 2.31. The number of alkyl halides is 1. The lowest BCUT2D eigenvalue weighted by molar-refractivity contribution is 0.139. The summed E-state index contributed by atoms with van der Waals surface area (Å²) in [7, 11) is 0. The maximum atomic E-state index is 12.7. The van der Waals surface area contributed by atoms with Crippen molar-refractivity contribution in [1.29, 1.82) is 0 Å². The van der Waals surface area contributed by atoms with Crippen molar-refractivity contribution in [1.82, 2.24) is 20.9 Å². The van der Waals surface area contributed by atoms with Crippen LogP contribution in [0.25, 0.3) is 0 Å². The van der Waals surface area contributed by atoms with Gasteiger partial charge in [-0.15, -0.1) is 11.6 Å². The normalized spacial score (nSPS) is 22.9. The summed E-state index contributed by atoms with van der Waals surface area (Å²) >= 11 is 11.6. The number of ether oxygens (including phenoxy) is 2. The standard InChI is InChI=1S/C13H17ClN2O.C9H8ClFO.C4H10N2/c14-11-1-2-13-10(7-11)8-12(17-13)9-16-5-3-15-4-6-16;10-5-8-4-6-3-7(11)1-2-9(6)12-8;1-2-6-4-3-5-1/h1-2,7,12,15H,3-6,8-9H2;1-3,8H,4-5H2;5-6H,1-4H2. The number of halogens is 3. The zero-order valence-electron chi connectivity index (χ0n) is 20.0. The molecule has 0 amide bonds. The molecule has 2 atom stereocenters. The highest BCUT2D eigenvalue weighted by atomic mass is 35.5. The van der Waals surface area contributed by atoms with Gasteiger partial charge in [-0.1, -0.05) is 11.6 Å². The molecule has 2 aromatic carbocycles. The van der Waals surface area contributed by atoms with Crippen molar-refractivity contribution in [3.05, 3.63) is 58.4 Å². The van der Waals surface area contributed by atoms with E-state index in [-0.39, 0.29) is 11.9 Å². The first-order valence-corrected chi connectivity index (χ1v) is 13.3. The number of benzene rings is 2. The van der Waals surface area contributed by atoms with Crippen LogP contribution in [0.2, 0.25) is 5.02 Å². The van der Waals surface area contributed by atoms with Gasteiger partial charge in [0.05, 0.1) is 5.88 Å². The quantitative estimate of drug-likeness (QED) is 0.536. The molecule has 4 aliphatic rings. The third-order valence-electron chi connectivity index (χ3n) is 6.33. The maximum absolute atomic E-state index is 12.7. The average molecular weight is 525 g/mol. The molecular weight excluding hydrogens is 490 g/mol. The Morgan fingerprint density at radius 1 is 0.800 bits per heavy atom. The molecule has 0 radical (unpaired) electrons. The van der Waals surface area contributed by atoms with Crippen LogP contribution in [-0.4, -0.2) is 81.9 Å². The Morgan fingerprint density at radius 3 is 2.03 bits per heavy atom. The predicted octanol–water partition coefficient (Wildman–Crippen LogP) is 3.10. The lowest BCUT2D eigenvalue weighted by atomic mass is 10.1. The number of fused-ring (bicyclic) bond motifs is 2. The highest BCUT2D eigenvalue weighted by Gasteiger charge is 2.25. The maximum Gasteiger partial charge on any atom is 0.123 e. The van der Waals surface area contributed by atoms with Crippen LogP contribution in [0.1, 0.15) is 11.1 Å². The van der Waals surface area contributed by atoms with Gasteiger partial charge in [0, 0.05) is 82.3 Å². The largest absolute Gasteiger partial charge is 0.489 e. The first kappa shape index (κ1) is 26.5. The molecule has 6 rings (SSSR count). The van der Waals surface area contributed by atoms with Crippen LogP contribution >= 0.6 is 23.2 Å². The third-order valence-corrected chi connectivity index (χ3v) is 6.91. The van der Waals surface area contributed by atoms with Crippen molar-refractivity contribution < 1.29 is 13.9 Å². The minimum absolute atomic E-state index is 0.0171. The molecule has 0 spiro atoms. The molecule has 0 aliphatic carbocycles. The summed E-state index contributed by atoms with van der Waals surface area (Å²) < 4.78 is 24.1. The Balaban J connectivity index is 0.000000139. The van der Waals surface area contributed by atoms with Crippen LogP contribution in [0.3, 0.4) is 0 Å². The van der Waals surface area contributed by atoms with Crippen LogP contribution in [0.15, 0.2) is 36.4 Å². The second-order valence-corrected chi connectivity index (χ2v) is 9.84. The molecule has 2 fully saturated rings. The van der Waals surface area contributed by atoms with Crippen LogP contribution in [0.5, 0.6) is 11.5 Å². The number of nitrogens with one attached hydrogen (secondary N) is 3. The monoisotopic (exact) mass is 524 g/mol. The summed E-state index contributed by atoms with van der Waals surface area (Å²) in [6, 6.07) is 10.5. The molecule has 2 saturated heterocycles. The van der Waals surface area contributed by atoms with E-state index >= 15 is 0 Å². The first-order chi connectivity index (χ1) is 17.1. The van der Waals surface area contributed by atoms with Crippen molar-refractivity contribution in [2.24, 2.45) is 0 Å². The van der Waals surface area contributed by atoms with Crippen molar-refractivity contribution in [2.45, 2.75) is 25.0 Å². The molecule has 192 valence electrons. The summed E-state index contributed by atoms with van der Waals surface area (Å²) in [5.74, 6) is 2.01. The minimum atomic E-state index is -0.215. The number of nitrogens with zero attached hydrogens (tertiary/aromatic N) is 1. The third kappa shape index (κ3) is 8.20. The topological polar surface area (TPSA) is 57.8 Å². The molecule has 0 saturated carbocycles. The number of hydrogen-bond donors (Lipinski definition) is 3. The van der Waals surface area contributed by atoms with E-state index in [1.165, 1.54) is 17.7 Å². The minimum Gasteiger partial charge on any atom is -0.489 e. The van der Waals surface area contributed by atoms with Crippen LogP contribution in [-0.2, 0) is 12.8 Å². The lowest BCUT2D eigenvalue weighted by Gasteiger charge is -2.29. The van der Waals surface area contributed by atoms with E-state index in [1.807, 2.05) is 18.2 Å². The Kier molecular flexibility index (Phi) is 10.3. The number of hydrogen-bond acceptors (Lipinski definition) is 6. The van der Waals surface area contributed by atoms with E-state index in [9.17, 15) is 4.39 Å². The zero-order valence-corrected chi connectivity index (χ0v) is 21.5. The van der Waals surface area contributed by atoms with Gasteiger partial charge in [-0.2, -0.15) is 0 Å². The van der Waals surface area contributed by atoms with Crippen LogP contribution < -0.4 is 25.4 Å². The molecular formula is C26H35Cl2FN4O2. The predicted molar refractivity (Wildman–Crippen MR) is 140 cm³/mol. The van der Waals surface area contributed by atoms with Gasteiger partial charge in [-0.3, -0.25) is 4.90 Å². The molecule has 35 heavy (non-hydrogen) atoms. The fraction of sp³-hybridized carbons (Fsp3) is 0.538. The molecule has 3 N–H and O–H groups in total. The number of rotatable bonds is 3. The van der Waals surface area contributed by atoms with E-state index in [4.69, 9.17) is 32.7 Å². The van der Waals surface area contributed by atoms with Crippen molar-refractivity contribution >= 4 is 23.2 Å². The Labute approximate surface area is 217 Å². The van der Waals surface area contributed by atoms with Gasteiger partial charge in [0.15, 0.2) is 0 Å². The molecule has 2 aromatic rings. The second kappa shape index (κ2) is 13.6. The highest BCUT2D eigenvalue weighted by molar-refractivity contribution is 6.30. The van der Waals surface area contributed by atoms with E-state index in [2.05, 4.69) is 20.9 Å². The van der Waals surface area contributed by atoms with Gasteiger partial charge >= 0.3 is 0 Å². The van der Waals surface area contributed by atoms with E-state index < -0.39 is 0 Å². The van der Waals surface area contributed by atoms with Gasteiger partial charge in [-0.05, 0) is 42.0 Å². The van der Waals surface area contributed by atoms with Gasteiger partial charge in [0.2, 0.25) is 0 Å². The Hall–Kier alpha value is -1.61. The Morgan fingerprint density at radius 2 is 1.37 bits per heavy atom. The van der Waals surface area contributed by atoms with Gasteiger partial charge in [-0.25, -0.2) is 4.39 Å². The van der Waals surface area contributed by atoms with Gasteiger partial charge in [0.1, 0.15) is 29.5 Å². The lowest BCUT2D eigenvalue weighted by Crippen LogP contribution is -2.47. The molecule has 4 heterocycles. The van der Waals surface area contributed by atoms with Crippen molar-refractivity contribution in [2.75, 3.05) is 64.8 Å². The van der Waals surface area contributed by atoms with Crippen molar-refractivity contribution in [3.63, 3.8) is 0 Å². The van der Waals surface area contributed by atoms with Gasteiger partial charge < -0.3 is 25.4 Å². The summed E-state index contributed by atoms with van der Waals surface area (Å²) in [6.07, 6.45) is 2.01. The molecule has 2 unspecified atom stereocenters. The molecule has 0 bridgehead atoms. The SMILES string of the molecule is C1CNCCN1.Clc1ccc2c(c1)CC(CN1CCNCC1)O2.Fc1ccc2c(c1)CC(CCl)O2. The fourth-order valence-corrected chi connectivity index (χ4v) is 4.92. The van der Waals surface area contributed by atoms with E-state index in [0.29, 0.717) is 12.0 Å². The average Bonchev–Trinajstić information content (AvgIpc) is 3.49. The summed E-state index contributed by atoms with van der Waals surface area (Å²) in [5, 5.41) is 10.6. The molecule has 9 heteroatoms. The molecule has 4 aliphatic heterocycles. The smallest absolute Gasteiger partial charge is 0.123 e. The summed E-state index contributed by atoms with van der Waals surface area (Å²) in [5.41, 5.74) is 2.17. The Bertz CT molecular complexity index is 930. The van der Waals surface area contributed by atoms with Crippen LogP contribution in [0, 0.1) is 5.82 Å². The van der Waals surface area contributed by atoms with Gasteiger partial charge in [0.25, 0.3) is 0 Å². The fourth-order valence-electron chi connectivity index (χ4n) is 4.55. The molecule has 0 aromatic heterocycles. The zero-order chi connectivity index (χ0) is 24.5. The first-order valence-electron chi connectivity index (χ1n) is 12.4. The van der Waals surface area contributed by atoms with E-state index in [0.717, 1.165) is 93.8 Å².